The smallest absolute Gasteiger partial charge is 0.119 e. The summed E-state index contributed by atoms with van der Waals surface area (Å²) in [6.45, 7) is 13.2. The number of allylic oxidation sites excluding steroid dienone is 10. The van der Waals surface area contributed by atoms with Crippen LogP contribution in [0, 0.1) is 0 Å². The number of methoxy groups -OCH3 is 4. The molecule has 68 heavy (non-hydrogen) atoms. The number of fused-ring (bicyclic) bond motifs is 7. The molecule has 2 heterocycles. The van der Waals surface area contributed by atoms with Crippen molar-refractivity contribution in [2.75, 3.05) is 28.4 Å². The van der Waals surface area contributed by atoms with Crippen LogP contribution in [0.5, 0.6) is 23.0 Å². The van der Waals surface area contributed by atoms with Crippen LogP contribution in [-0.4, -0.2) is 37.6 Å². The van der Waals surface area contributed by atoms with Crippen molar-refractivity contribution in [3.63, 3.8) is 0 Å². The van der Waals surface area contributed by atoms with E-state index >= 15 is 0 Å². The number of hydrogen-bond acceptors (Lipinski definition) is 4. The highest BCUT2D eigenvalue weighted by Gasteiger charge is 2.40. The second kappa shape index (κ2) is 17.5. The van der Waals surface area contributed by atoms with Crippen molar-refractivity contribution in [1.82, 2.24) is 9.13 Å². The molecule has 0 aliphatic heterocycles. The molecule has 2 atom stereocenters. The molecule has 0 radical (unpaired) electrons. The van der Waals surface area contributed by atoms with Crippen LogP contribution in [0.2, 0.25) is 0 Å². The summed E-state index contributed by atoms with van der Waals surface area (Å²) in [4.78, 5) is 0. The van der Waals surface area contributed by atoms with Crippen LogP contribution in [0.15, 0.2) is 219 Å². The quantitative estimate of drug-likeness (QED) is 0.121. The Bertz CT molecular complexity index is 3440. The first kappa shape index (κ1) is 43.7. The highest BCUT2D eigenvalue weighted by atomic mass is 16.5. The van der Waals surface area contributed by atoms with Crippen molar-refractivity contribution in [3.8, 4) is 34.4 Å². The molecule has 1 aliphatic carbocycles. The van der Waals surface area contributed by atoms with E-state index in [-0.39, 0.29) is 0 Å². The molecule has 9 aromatic rings. The average molecular weight is 891 g/mol. The molecule has 0 amide bonds. The van der Waals surface area contributed by atoms with Crippen LogP contribution in [-0.2, 0) is 10.8 Å². The van der Waals surface area contributed by atoms with Crippen molar-refractivity contribution in [3.05, 3.63) is 241 Å². The molecule has 0 bridgehead atoms. The lowest BCUT2D eigenvalue weighted by atomic mass is 9.64. The SMILES string of the molecule is C=C(C)/C=C\C=C/C1(c2ccc(-n3c4ccc(OC)cc4c4cc(OC)ccc43)cc2)/C=C\C=C/C(=C)C(C)(c2ccc(-n3c4ccc(OC)cc4c4cc(OC)ccc43)cc2)c2ccccc21. The molecular formula is C62H54N2O4. The molecule has 7 aromatic carbocycles. The Morgan fingerprint density at radius 3 is 1.37 bits per heavy atom. The van der Waals surface area contributed by atoms with Crippen LogP contribution < -0.4 is 18.9 Å². The van der Waals surface area contributed by atoms with Gasteiger partial charge in [-0.15, -0.1) is 0 Å². The fourth-order valence-corrected chi connectivity index (χ4v) is 10.2. The van der Waals surface area contributed by atoms with Gasteiger partial charge in [0, 0.05) is 38.3 Å². The fraction of sp³-hybridized carbons (Fsp3) is 0.129. The van der Waals surface area contributed by atoms with Gasteiger partial charge in [0.1, 0.15) is 23.0 Å². The third kappa shape index (κ3) is 7.21. The predicted octanol–water partition coefficient (Wildman–Crippen LogP) is 14.9. The maximum absolute atomic E-state index is 5.68. The number of ether oxygens (including phenoxy) is 4. The predicted molar refractivity (Wildman–Crippen MR) is 282 cm³/mol. The molecular weight excluding hydrogens is 837 g/mol. The molecule has 0 fully saturated rings. The van der Waals surface area contributed by atoms with E-state index in [1.54, 1.807) is 28.4 Å². The van der Waals surface area contributed by atoms with Crippen LogP contribution >= 0.6 is 0 Å². The van der Waals surface area contributed by atoms with E-state index in [1.165, 1.54) is 0 Å². The Balaban J connectivity index is 1.13. The number of rotatable bonds is 11. The van der Waals surface area contributed by atoms with Crippen molar-refractivity contribution >= 4 is 43.6 Å². The highest BCUT2D eigenvalue weighted by Crippen LogP contribution is 2.48. The summed E-state index contributed by atoms with van der Waals surface area (Å²) in [5.41, 5.74) is 11.6. The maximum atomic E-state index is 5.68. The summed E-state index contributed by atoms with van der Waals surface area (Å²) in [5.74, 6) is 3.23. The van der Waals surface area contributed by atoms with Gasteiger partial charge in [0.15, 0.2) is 0 Å². The van der Waals surface area contributed by atoms with Gasteiger partial charge in [-0.05, 0) is 139 Å². The number of aromatic nitrogens is 2. The number of nitrogens with zero attached hydrogens (tertiary/aromatic N) is 2. The molecule has 0 spiro atoms. The van der Waals surface area contributed by atoms with Crippen LogP contribution in [0.1, 0.15) is 36.1 Å². The second-order valence-corrected chi connectivity index (χ2v) is 17.6. The Hall–Kier alpha value is -8.22. The monoisotopic (exact) mass is 890 g/mol. The Morgan fingerprint density at radius 2 is 0.941 bits per heavy atom. The van der Waals surface area contributed by atoms with Gasteiger partial charge < -0.3 is 28.1 Å². The lowest BCUT2D eigenvalue weighted by Gasteiger charge is -2.39. The maximum Gasteiger partial charge on any atom is 0.119 e. The van der Waals surface area contributed by atoms with Crippen LogP contribution in [0.3, 0.4) is 0 Å². The van der Waals surface area contributed by atoms with Crippen molar-refractivity contribution in [2.24, 2.45) is 0 Å². The first-order chi connectivity index (χ1) is 33.1. The first-order valence-corrected chi connectivity index (χ1v) is 22.8. The number of hydrogen-bond donors (Lipinski definition) is 0. The van der Waals surface area contributed by atoms with E-state index in [2.05, 4.69) is 186 Å². The Kier molecular flexibility index (Phi) is 11.3. The van der Waals surface area contributed by atoms with E-state index in [0.717, 1.165) is 111 Å². The Labute approximate surface area is 398 Å². The third-order valence-electron chi connectivity index (χ3n) is 13.8. The summed E-state index contributed by atoms with van der Waals surface area (Å²) < 4.78 is 27.3. The molecule has 1 aliphatic rings. The van der Waals surface area contributed by atoms with Gasteiger partial charge >= 0.3 is 0 Å². The summed E-state index contributed by atoms with van der Waals surface area (Å²) in [5, 5.41) is 4.37. The van der Waals surface area contributed by atoms with E-state index in [9.17, 15) is 0 Å². The molecule has 6 nitrogen and oxygen atoms in total. The van der Waals surface area contributed by atoms with Crippen molar-refractivity contribution in [2.45, 2.75) is 24.7 Å². The normalized spacial score (nSPS) is 18.2. The molecule has 0 saturated carbocycles. The van der Waals surface area contributed by atoms with Crippen LogP contribution in [0.25, 0.3) is 55.0 Å². The average Bonchev–Trinajstić information content (AvgIpc) is 3.89. The molecule has 2 unspecified atom stereocenters. The minimum Gasteiger partial charge on any atom is -0.497 e. The third-order valence-corrected chi connectivity index (χ3v) is 13.8. The summed E-state index contributed by atoms with van der Waals surface area (Å²) >= 11 is 0. The lowest BCUT2D eigenvalue weighted by Crippen LogP contribution is -2.32. The van der Waals surface area contributed by atoms with Gasteiger partial charge in [-0.3, -0.25) is 0 Å². The summed E-state index contributed by atoms with van der Waals surface area (Å²) in [6.07, 6.45) is 17.4. The largest absolute Gasteiger partial charge is 0.497 e. The van der Waals surface area contributed by atoms with Gasteiger partial charge in [-0.2, -0.15) is 0 Å². The minimum atomic E-state index is -0.697. The highest BCUT2D eigenvalue weighted by molar-refractivity contribution is 6.11. The van der Waals surface area contributed by atoms with Crippen molar-refractivity contribution < 1.29 is 18.9 Å². The van der Waals surface area contributed by atoms with Gasteiger partial charge in [0.25, 0.3) is 0 Å². The second-order valence-electron chi connectivity index (χ2n) is 17.6. The van der Waals surface area contributed by atoms with Crippen molar-refractivity contribution in [1.29, 1.82) is 0 Å². The molecule has 336 valence electrons. The van der Waals surface area contributed by atoms with Gasteiger partial charge in [0.05, 0.1) is 55.9 Å². The zero-order valence-electron chi connectivity index (χ0n) is 39.4. The van der Waals surface area contributed by atoms with Gasteiger partial charge in [-0.25, -0.2) is 0 Å². The van der Waals surface area contributed by atoms with E-state index in [0.29, 0.717) is 0 Å². The van der Waals surface area contributed by atoms with E-state index in [1.807, 2.05) is 37.3 Å². The minimum absolute atomic E-state index is 0.628. The number of benzene rings is 7. The van der Waals surface area contributed by atoms with E-state index < -0.39 is 10.8 Å². The molecule has 0 saturated heterocycles. The zero-order valence-corrected chi connectivity index (χ0v) is 39.4. The molecule has 0 N–H and O–H groups in total. The topological polar surface area (TPSA) is 46.8 Å². The standard InChI is InChI=1S/C62H54N2O4/c1-41(2)15-11-13-35-62(44-21-25-46(26-22-44)64-59-33-29-49(67-7)39-53(59)54-40-50(68-8)30-34-60(54)64)36-14-12-16-42(3)61(4,55-17-9-10-18-56(55)62)43-19-23-45(24-20-43)63-57-31-27-47(65-5)37-51(57)52-38-48(66-6)28-32-58(52)63/h9-40H,1,3H2,2,4-8H3/b15-11-,16-12-,35-13-,36-14-. The van der Waals surface area contributed by atoms with Crippen LogP contribution in [0.4, 0.5) is 0 Å². The fourth-order valence-electron chi connectivity index (χ4n) is 10.2. The molecule has 2 aromatic heterocycles. The summed E-state index contributed by atoms with van der Waals surface area (Å²) in [6, 6.07) is 51.9. The zero-order chi connectivity index (χ0) is 47.2. The Morgan fingerprint density at radius 1 is 0.515 bits per heavy atom. The van der Waals surface area contributed by atoms with Gasteiger partial charge in [-0.1, -0.05) is 116 Å². The molecule has 10 rings (SSSR count). The first-order valence-electron chi connectivity index (χ1n) is 22.8. The summed E-state index contributed by atoms with van der Waals surface area (Å²) in [7, 11) is 6.82. The lowest BCUT2D eigenvalue weighted by molar-refractivity contribution is 0.415. The molecule has 6 heteroatoms. The van der Waals surface area contributed by atoms with E-state index in [4.69, 9.17) is 25.5 Å². The van der Waals surface area contributed by atoms with Gasteiger partial charge in [0.2, 0.25) is 0 Å².